The Bertz CT molecular complexity index is 1520. The summed E-state index contributed by atoms with van der Waals surface area (Å²) in [5.74, 6) is 0.964. The van der Waals surface area contributed by atoms with E-state index >= 15 is 0 Å². The van der Waals surface area contributed by atoms with E-state index in [4.69, 9.17) is 13.9 Å². The lowest BCUT2D eigenvalue weighted by Crippen LogP contribution is -2.29. The van der Waals surface area contributed by atoms with Crippen LogP contribution in [0.15, 0.2) is 69.9 Å². The van der Waals surface area contributed by atoms with Gasteiger partial charge in [-0.1, -0.05) is 48.7 Å². The fraction of sp³-hybridized carbons (Fsp3) is 0.290. The van der Waals surface area contributed by atoms with Gasteiger partial charge in [-0.3, -0.25) is 14.5 Å². The highest BCUT2D eigenvalue weighted by Gasteiger charge is 2.44. The summed E-state index contributed by atoms with van der Waals surface area (Å²) < 4.78 is 18.0. The number of fused-ring (bicyclic) bond motifs is 2. The highest BCUT2D eigenvalue weighted by Crippen LogP contribution is 2.43. The van der Waals surface area contributed by atoms with E-state index in [0.29, 0.717) is 46.9 Å². The van der Waals surface area contributed by atoms with Gasteiger partial charge < -0.3 is 13.9 Å². The van der Waals surface area contributed by atoms with Gasteiger partial charge in [-0.15, -0.1) is 0 Å². The molecular weight excluding hydrogens is 466 g/mol. The Labute approximate surface area is 216 Å². The lowest BCUT2D eigenvalue weighted by Gasteiger charge is -2.26. The molecule has 1 unspecified atom stereocenters. The van der Waals surface area contributed by atoms with Gasteiger partial charge in [-0.05, 0) is 69.2 Å². The van der Waals surface area contributed by atoms with Crippen molar-refractivity contribution in [1.82, 2.24) is 0 Å². The van der Waals surface area contributed by atoms with Crippen molar-refractivity contribution in [3.63, 3.8) is 0 Å². The zero-order valence-corrected chi connectivity index (χ0v) is 21.7. The van der Waals surface area contributed by atoms with E-state index in [-0.39, 0.29) is 17.1 Å². The predicted molar refractivity (Wildman–Crippen MR) is 145 cm³/mol. The van der Waals surface area contributed by atoms with Crippen LogP contribution in [0.3, 0.4) is 0 Å². The summed E-state index contributed by atoms with van der Waals surface area (Å²) in [7, 11) is 0. The Hall–Kier alpha value is -4.06. The van der Waals surface area contributed by atoms with Crippen molar-refractivity contribution in [1.29, 1.82) is 0 Å². The van der Waals surface area contributed by atoms with Crippen LogP contribution >= 0.6 is 0 Å². The number of benzene rings is 3. The van der Waals surface area contributed by atoms with Gasteiger partial charge in [-0.2, -0.15) is 0 Å². The minimum atomic E-state index is -0.671. The molecule has 0 fully saturated rings. The molecule has 3 aromatic carbocycles. The van der Waals surface area contributed by atoms with Crippen LogP contribution < -0.4 is 19.8 Å². The van der Waals surface area contributed by atoms with Gasteiger partial charge in [0.05, 0.1) is 30.2 Å². The number of carbonyl (C=O) groups excluding carboxylic acids is 1. The average molecular weight is 498 g/mol. The summed E-state index contributed by atoms with van der Waals surface area (Å²) in [6.07, 6.45) is 1.96. The van der Waals surface area contributed by atoms with E-state index in [0.717, 1.165) is 29.5 Å². The van der Waals surface area contributed by atoms with Crippen LogP contribution in [-0.2, 0) is 0 Å². The van der Waals surface area contributed by atoms with E-state index in [1.54, 1.807) is 11.0 Å². The Morgan fingerprint density at radius 1 is 0.865 bits per heavy atom. The topological polar surface area (TPSA) is 69.0 Å². The molecular formula is C31H31NO5. The standard InChI is InChI=1S/C31H31NO5/c1-5-7-16-36-25-15-11-21(18-26(25)35-6-2)28-27-29(33)23-17-20(4)10-14-24(23)37-30(27)31(34)32(28)22-12-8-19(3)9-13-22/h8-15,17-18,28H,5-7,16H2,1-4H3. The molecule has 6 heteroatoms. The normalized spacial score (nSPS) is 14.8. The van der Waals surface area contributed by atoms with Crippen molar-refractivity contribution in [2.75, 3.05) is 18.1 Å². The number of nitrogens with zero attached hydrogens (tertiary/aromatic N) is 1. The van der Waals surface area contributed by atoms with Crippen LogP contribution in [0.2, 0.25) is 0 Å². The minimum absolute atomic E-state index is 0.0770. The van der Waals surface area contributed by atoms with Crippen molar-refractivity contribution in [2.45, 2.75) is 46.6 Å². The van der Waals surface area contributed by atoms with Crippen LogP contribution in [-0.4, -0.2) is 19.1 Å². The molecule has 37 heavy (non-hydrogen) atoms. The molecule has 4 aromatic rings. The van der Waals surface area contributed by atoms with Gasteiger partial charge in [0.15, 0.2) is 16.9 Å². The Balaban J connectivity index is 1.71. The summed E-state index contributed by atoms with van der Waals surface area (Å²) in [4.78, 5) is 29.4. The van der Waals surface area contributed by atoms with Gasteiger partial charge in [-0.25, -0.2) is 0 Å². The molecule has 0 aliphatic carbocycles. The average Bonchev–Trinajstić information content (AvgIpc) is 3.18. The number of rotatable bonds is 8. The van der Waals surface area contributed by atoms with E-state index in [1.807, 2.05) is 75.4 Å². The van der Waals surface area contributed by atoms with Crippen molar-refractivity contribution in [3.8, 4) is 11.5 Å². The largest absolute Gasteiger partial charge is 0.490 e. The second-order valence-electron chi connectivity index (χ2n) is 9.43. The number of anilines is 1. The summed E-state index contributed by atoms with van der Waals surface area (Å²) in [6.45, 7) is 9.00. The van der Waals surface area contributed by atoms with E-state index in [9.17, 15) is 9.59 Å². The van der Waals surface area contributed by atoms with E-state index in [1.165, 1.54) is 0 Å². The maximum atomic E-state index is 13.9. The fourth-order valence-corrected chi connectivity index (χ4v) is 4.78. The molecule has 1 aliphatic heterocycles. The molecule has 1 amide bonds. The van der Waals surface area contributed by atoms with Crippen molar-refractivity contribution in [3.05, 3.63) is 98.9 Å². The molecule has 0 saturated carbocycles. The molecule has 1 aliphatic rings. The molecule has 2 heterocycles. The lowest BCUT2D eigenvalue weighted by atomic mass is 9.97. The first-order chi connectivity index (χ1) is 17.9. The number of hydrogen-bond donors (Lipinski definition) is 0. The fourth-order valence-electron chi connectivity index (χ4n) is 4.78. The lowest BCUT2D eigenvalue weighted by molar-refractivity contribution is 0.0971. The highest BCUT2D eigenvalue weighted by molar-refractivity contribution is 6.10. The molecule has 190 valence electrons. The molecule has 6 nitrogen and oxygen atoms in total. The minimum Gasteiger partial charge on any atom is -0.490 e. The third kappa shape index (κ3) is 4.48. The highest BCUT2D eigenvalue weighted by atomic mass is 16.5. The monoisotopic (exact) mass is 497 g/mol. The van der Waals surface area contributed by atoms with Gasteiger partial charge in [0, 0.05) is 5.69 Å². The SMILES string of the molecule is CCCCOc1ccc(C2c3c(oc4ccc(C)cc4c3=O)C(=O)N2c2ccc(C)cc2)cc1OCC. The summed E-state index contributed by atoms with van der Waals surface area (Å²) in [5.41, 5.74) is 4.00. The summed E-state index contributed by atoms with van der Waals surface area (Å²) in [6, 6.07) is 18.1. The zero-order chi connectivity index (χ0) is 26.1. The smallest absolute Gasteiger partial charge is 0.295 e. The summed E-state index contributed by atoms with van der Waals surface area (Å²) in [5, 5.41) is 0.465. The summed E-state index contributed by atoms with van der Waals surface area (Å²) >= 11 is 0. The van der Waals surface area contributed by atoms with Gasteiger partial charge >= 0.3 is 0 Å². The van der Waals surface area contributed by atoms with E-state index in [2.05, 4.69) is 6.92 Å². The molecule has 0 radical (unpaired) electrons. The van der Waals surface area contributed by atoms with Crippen LogP contribution in [0.5, 0.6) is 11.5 Å². The molecule has 0 bridgehead atoms. The Kier molecular flexibility index (Phi) is 6.74. The van der Waals surface area contributed by atoms with E-state index < -0.39 is 6.04 Å². The third-order valence-electron chi connectivity index (χ3n) is 6.68. The Morgan fingerprint density at radius 3 is 2.35 bits per heavy atom. The zero-order valence-electron chi connectivity index (χ0n) is 21.7. The Morgan fingerprint density at radius 2 is 1.62 bits per heavy atom. The third-order valence-corrected chi connectivity index (χ3v) is 6.68. The number of aryl methyl sites for hydroxylation is 2. The number of unbranched alkanes of at least 4 members (excludes halogenated alkanes) is 1. The second-order valence-corrected chi connectivity index (χ2v) is 9.43. The maximum absolute atomic E-state index is 13.9. The van der Waals surface area contributed by atoms with Crippen LogP contribution in [0.25, 0.3) is 11.0 Å². The maximum Gasteiger partial charge on any atom is 0.295 e. The van der Waals surface area contributed by atoms with Crippen LogP contribution in [0, 0.1) is 13.8 Å². The molecule has 5 rings (SSSR count). The van der Waals surface area contributed by atoms with Crippen LogP contribution in [0.1, 0.15) is 65.5 Å². The number of amides is 1. The first-order valence-corrected chi connectivity index (χ1v) is 12.8. The van der Waals surface area contributed by atoms with Crippen molar-refractivity contribution < 1.29 is 18.7 Å². The predicted octanol–water partition coefficient (Wildman–Crippen LogP) is 6.74. The van der Waals surface area contributed by atoms with Gasteiger partial charge in [0.2, 0.25) is 5.76 Å². The first kappa shape index (κ1) is 24.6. The molecule has 0 spiro atoms. The van der Waals surface area contributed by atoms with Gasteiger partial charge in [0.1, 0.15) is 5.58 Å². The second kappa shape index (κ2) is 10.1. The van der Waals surface area contributed by atoms with Crippen molar-refractivity contribution >= 4 is 22.6 Å². The first-order valence-electron chi connectivity index (χ1n) is 12.8. The molecule has 1 atom stereocenters. The number of hydrogen-bond acceptors (Lipinski definition) is 5. The molecule has 0 N–H and O–H groups in total. The van der Waals surface area contributed by atoms with Crippen molar-refractivity contribution in [2.24, 2.45) is 0 Å². The number of carbonyl (C=O) groups is 1. The number of ether oxygens (including phenoxy) is 2. The van der Waals surface area contributed by atoms with Crippen LogP contribution in [0.4, 0.5) is 5.69 Å². The molecule has 1 aromatic heterocycles. The molecule has 0 saturated heterocycles. The quantitative estimate of drug-likeness (QED) is 0.252. The van der Waals surface area contributed by atoms with Gasteiger partial charge in [0.25, 0.3) is 5.91 Å².